The summed E-state index contributed by atoms with van der Waals surface area (Å²) < 4.78 is 0. The van der Waals surface area contributed by atoms with Crippen molar-refractivity contribution in [2.75, 3.05) is 26.2 Å². The van der Waals surface area contributed by atoms with Crippen molar-refractivity contribution in [3.8, 4) is 10.6 Å². The second-order valence-corrected chi connectivity index (χ2v) is 7.69. The highest BCUT2D eigenvalue weighted by Gasteiger charge is 2.25. The van der Waals surface area contributed by atoms with Gasteiger partial charge in [-0.3, -0.25) is 14.7 Å². The maximum atomic E-state index is 13.0. The lowest BCUT2D eigenvalue weighted by Gasteiger charge is -2.34. The van der Waals surface area contributed by atoms with E-state index in [1.807, 2.05) is 66.6 Å². The fourth-order valence-corrected chi connectivity index (χ4v) is 4.31. The average Bonchev–Trinajstić information content (AvgIpc) is 3.11. The molecule has 1 amide bonds. The van der Waals surface area contributed by atoms with Crippen molar-refractivity contribution in [2.24, 2.45) is 0 Å². The Bertz CT molecular complexity index is 902. The van der Waals surface area contributed by atoms with Crippen LogP contribution in [0.25, 0.3) is 10.6 Å². The fraction of sp³-hybridized carbons (Fsp3) is 0.286. The van der Waals surface area contributed by atoms with Gasteiger partial charge in [-0.25, -0.2) is 4.98 Å². The van der Waals surface area contributed by atoms with Crippen LogP contribution in [0.5, 0.6) is 0 Å². The van der Waals surface area contributed by atoms with Crippen LogP contribution < -0.4 is 0 Å². The smallest absolute Gasteiger partial charge is 0.265 e. The van der Waals surface area contributed by atoms with Crippen molar-refractivity contribution in [1.29, 1.82) is 0 Å². The lowest BCUT2D eigenvalue weighted by molar-refractivity contribution is 0.0631. The molecule has 3 aromatic rings. The molecule has 0 saturated carbocycles. The standard InChI is InChI=1S/C21H22N4OS/c1-16-19(27-20(23-16)17-7-3-2-4-8-17)21(26)25-13-11-24(12-14-25)15-18-9-5-6-10-22-18/h2-10H,11-15H2,1H3. The number of nitrogens with zero attached hydrogens (tertiary/aromatic N) is 4. The number of carbonyl (C=O) groups excluding carboxylic acids is 1. The first kappa shape index (κ1) is 17.8. The maximum Gasteiger partial charge on any atom is 0.265 e. The van der Waals surface area contributed by atoms with E-state index in [1.165, 1.54) is 11.3 Å². The summed E-state index contributed by atoms with van der Waals surface area (Å²) in [6.07, 6.45) is 1.83. The third kappa shape index (κ3) is 4.07. The second kappa shape index (κ2) is 7.98. The van der Waals surface area contributed by atoms with Crippen molar-refractivity contribution >= 4 is 17.2 Å². The lowest BCUT2D eigenvalue weighted by Crippen LogP contribution is -2.48. The van der Waals surface area contributed by atoms with Gasteiger partial charge in [0.05, 0.1) is 11.4 Å². The predicted octanol–water partition coefficient (Wildman–Crippen LogP) is 3.47. The van der Waals surface area contributed by atoms with Gasteiger partial charge in [-0.2, -0.15) is 0 Å². The molecule has 3 heterocycles. The Hall–Kier alpha value is -2.57. The number of hydrogen-bond donors (Lipinski definition) is 0. The van der Waals surface area contributed by atoms with Gasteiger partial charge in [0.25, 0.3) is 5.91 Å². The van der Waals surface area contributed by atoms with Gasteiger partial charge in [0.15, 0.2) is 0 Å². The van der Waals surface area contributed by atoms with Gasteiger partial charge in [0.2, 0.25) is 0 Å². The zero-order chi connectivity index (χ0) is 18.6. The lowest BCUT2D eigenvalue weighted by atomic mass is 10.2. The van der Waals surface area contributed by atoms with Gasteiger partial charge in [0, 0.05) is 44.5 Å². The number of piperazine rings is 1. The minimum Gasteiger partial charge on any atom is -0.335 e. The summed E-state index contributed by atoms with van der Waals surface area (Å²) in [6, 6.07) is 16.0. The molecule has 0 radical (unpaired) electrons. The van der Waals surface area contributed by atoms with Crippen molar-refractivity contribution in [3.63, 3.8) is 0 Å². The molecular formula is C21H22N4OS. The number of thiazole rings is 1. The molecule has 2 aromatic heterocycles. The van der Waals surface area contributed by atoms with Crippen LogP contribution in [0.15, 0.2) is 54.7 Å². The molecule has 0 N–H and O–H groups in total. The SMILES string of the molecule is Cc1nc(-c2ccccc2)sc1C(=O)N1CCN(Cc2ccccn2)CC1. The van der Waals surface area contributed by atoms with Crippen molar-refractivity contribution in [1.82, 2.24) is 19.8 Å². The van der Waals surface area contributed by atoms with E-state index in [-0.39, 0.29) is 5.91 Å². The highest BCUT2D eigenvalue weighted by molar-refractivity contribution is 7.17. The van der Waals surface area contributed by atoms with Gasteiger partial charge < -0.3 is 4.90 Å². The Kier molecular flexibility index (Phi) is 5.27. The number of hydrogen-bond acceptors (Lipinski definition) is 5. The van der Waals surface area contributed by atoms with E-state index in [9.17, 15) is 4.79 Å². The molecule has 0 unspecified atom stereocenters. The average molecular weight is 379 g/mol. The van der Waals surface area contributed by atoms with Crippen molar-refractivity contribution in [3.05, 3.63) is 71.0 Å². The number of amides is 1. The van der Waals surface area contributed by atoms with Crippen LogP contribution in [0.4, 0.5) is 0 Å². The molecule has 4 rings (SSSR count). The number of carbonyl (C=O) groups is 1. The molecule has 1 aliphatic heterocycles. The van der Waals surface area contributed by atoms with E-state index in [0.717, 1.165) is 59.6 Å². The molecule has 27 heavy (non-hydrogen) atoms. The first-order valence-corrected chi connectivity index (χ1v) is 9.97. The van der Waals surface area contributed by atoms with Crippen LogP contribution in [-0.2, 0) is 6.54 Å². The number of benzene rings is 1. The minimum absolute atomic E-state index is 0.102. The molecule has 0 bridgehead atoms. The molecule has 1 saturated heterocycles. The predicted molar refractivity (Wildman–Crippen MR) is 108 cm³/mol. The van der Waals surface area contributed by atoms with E-state index >= 15 is 0 Å². The number of pyridine rings is 1. The summed E-state index contributed by atoms with van der Waals surface area (Å²) in [5, 5.41) is 0.908. The largest absolute Gasteiger partial charge is 0.335 e. The Morgan fingerprint density at radius 3 is 2.48 bits per heavy atom. The Balaban J connectivity index is 1.40. The minimum atomic E-state index is 0.102. The Morgan fingerprint density at radius 1 is 1.04 bits per heavy atom. The Morgan fingerprint density at radius 2 is 1.78 bits per heavy atom. The molecule has 1 aliphatic rings. The molecule has 138 valence electrons. The third-order valence-electron chi connectivity index (χ3n) is 4.78. The number of aromatic nitrogens is 2. The van der Waals surface area contributed by atoms with Gasteiger partial charge in [0.1, 0.15) is 9.88 Å². The third-order valence-corrected chi connectivity index (χ3v) is 5.98. The van der Waals surface area contributed by atoms with Crippen LogP contribution in [0.1, 0.15) is 21.1 Å². The first-order chi connectivity index (χ1) is 13.2. The van der Waals surface area contributed by atoms with E-state index in [0.29, 0.717) is 0 Å². The number of rotatable bonds is 4. The number of aryl methyl sites for hydroxylation is 1. The maximum absolute atomic E-state index is 13.0. The molecular weight excluding hydrogens is 356 g/mol. The molecule has 0 aliphatic carbocycles. The van der Waals surface area contributed by atoms with E-state index in [2.05, 4.69) is 14.9 Å². The van der Waals surface area contributed by atoms with Crippen LogP contribution in [0.3, 0.4) is 0 Å². The molecule has 6 heteroatoms. The molecule has 0 spiro atoms. The van der Waals surface area contributed by atoms with Crippen molar-refractivity contribution < 1.29 is 4.79 Å². The van der Waals surface area contributed by atoms with Gasteiger partial charge in [-0.15, -0.1) is 11.3 Å². The second-order valence-electron chi connectivity index (χ2n) is 6.69. The summed E-state index contributed by atoms with van der Waals surface area (Å²) in [6.45, 7) is 5.97. The van der Waals surface area contributed by atoms with Gasteiger partial charge in [-0.1, -0.05) is 36.4 Å². The van der Waals surface area contributed by atoms with Gasteiger partial charge >= 0.3 is 0 Å². The summed E-state index contributed by atoms with van der Waals surface area (Å²) in [7, 11) is 0. The molecule has 0 atom stereocenters. The van der Waals surface area contributed by atoms with E-state index < -0.39 is 0 Å². The van der Waals surface area contributed by atoms with Crippen LogP contribution in [-0.4, -0.2) is 51.9 Å². The fourth-order valence-electron chi connectivity index (χ4n) is 3.27. The Labute approximate surface area is 163 Å². The van der Waals surface area contributed by atoms with Crippen LogP contribution in [0, 0.1) is 6.92 Å². The summed E-state index contributed by atoms with van der Waals surface area (Å²) in [5.41, 5.74) is 2.95. The quantitative estimate of drug-likeness (QED) is 0.697. The summed E-state index contributed by atoms with van der Waals surface area (Å²) in [5.74, 6) is 0.102. The van der Waals surface area contributed by atoms with Crippen LogP contribution >= 0.6 is 11.3 Å². The molecule has 1 aromatic carbocycles. The zero-order valence-corrected chi connectivity index (χ0v) is 16.2. The van der Waals surface area contributed by atoms with Gasteiger partial charge in [-0.05, 0) is 19.1 Å². The highest BCUT2D eigenvalue weighted by atomic mass is 32.1. The normalized spacial score (nSPS) is 15.1. The molecule has 1 fully saturated rings. The van der Waals surface area contributed by atoms with Crippen LogP contribution in [0.2, 0.25) is 0 Å². The monoisotopic (exact) mass is 378 g/mol. The molecule has 5 nitrogen and oxygen atoms in total. The van der Waals surface area contributed by atoms with E-state index in [4.69, 9.17) is 0 Å². The van der Waals surface area contributed by atoms with E-state index in [1.54, 1.807) is 0 Å². The highest BCUT2D eigenvalue weighted by Crippen LogP contribution is 2.28. The zero-order valence-electron chi connectivity index (χ0n) is 15.3. The topological polar surface area (TPSA) is 49.3 Å². The first-order valence-electron chi connectivity index (χ1n) is 9.15. The van der Waals surface area contributed by atoms with Crippen molar-refractivity contribution in [2.45, 2.75) is 13.5 Å². The summed E-state index contributed by atoms with van der Waals surface area (Å²) >= 11 is 1.49. The summed E-state index contributed by atoms with van der Waals surface area (Å²) in [4.78, 5) is 27.1.